The van der Waals surface area contributed by atoms with E-state index in [4.69, 9.17) is 4.74 Å². The van der Waals surface area contributed by atoms with Gasteiger partial charge in [-0.05, 0) is 12.5 Å². The smallest absolute Gasteiger partial charge is 0.339 e. The zero-order valence-corrected chi connectivity index (χ0v) is 13.1. The van der Waals surface area contributed by atoms with Gasteiger partial charge in [0, 0.05) is 23.5 Å². The molecular formula is C17H20N2O4. The molecule has 0 spiro atoms. The van der Waals surface area contributed by atoms with Gasteiger partial charge in [-0.1, -0.05) is 38.0 Å². The number of aromatic nitrogens is 1. The van der Waals surface area contributed by atoms with Crippen molar-refractivity contribution in [1.82, 2.24) is 10.3 Å². The molecule has 0 aliphatic carbocycles. The average molecular weight is 316 g/mol. The van der Waals surface area contributed by atoms with E-state index in [1.165, 1.54) is 6.07 Å². The number of esters is 1. The largest absolute Gasteiger partial charge is 0.452 e. The molecule has 0 saturated carbocycles. The lowest BCUT2D eigenvalue weighted by Gasteiger charge is -2.08. The van der Waals surface area contributed by atoms with E-state index in [-0.39, 0.29) is 23.6 Å². The fraction of sp³-hybridized carbons (Fsp3) is 0.353. The molecule has 23 heavy (non-hydrogen) atoms. The van der Waals surface area contributed by atoms with Crippen molar-refractivity contribution in [2.45, 2.75) is 26.2 Å². The van der Waals surface area contributed by atoms with Gasteiger partial charge in [-0.15, -0.1) is 0 Å². The van der Waals surface area contributed by atoms with Crippen molar-refractivity contribution in [2.75, 3.05) is 13.2 Å². The van der Waals surface area contributed by atoms with Crippen LogP contribution in [0.25, 0.3) is 10.9 Å². The first-order valence-electron chi connectivity index (χ1n) is 7.67. The number of carbonyl (C=O) groups is 2. The third-order valence-electron chi connectivity index (χ3n) is 3.41. The summed E-state index contributed by atoms with van der Waals surface area (Å²) >= 11 is 0. The maximum Gasteiger partial charge on any atom is 0.339 e. The standard InChI is InChI=1S/C17H20N2O4/c1-2-3-6-9-18-16(21)11-23-17(22)13-10-15(20)19-14-8-5-4-7-12(13)14/h4-5,7-8,10H,2-3,6,9,11H2,1H3,(H,18,21)(H,19,20). The number of nitrogens with one attached hydrogen (secondary N) is 2. The van der Waals surface area contributed by atoms with Crippen molar-refractivity contribution < 1.29 is 14.3 Å². The number of ether oxygens (including phenoxy) is 1. The molecule has 0 atom stereocenters. The van der Waals surface area contributed by atoms with E-state index < -0.39 is 5.97 Å². The highest BCUT2D eigenvalue weighted by Gasteiger charge is 2.14. The second-order valence-corrected chi connectivity index (χ2v) is 5.23. The van der Waals surface area contributed by atoms with Gasteiger partial charge in [-0.3, -0.25) is 9.59 Å². The predicted octanol–water partition coefficient (Wildman–Crippen LogP) is 1.99. The second kappa shape index (κ2) is 8.12. The molecule has 0 saturated heterocycles. The van der Waals surface area contributed by atoms with Crippen LogP contribution in [0.15, 0.2) is 35.1 Å². The van der Waals surface area contributed by atoms with Crippen LogP contribution in [-0.2, 0) is 9.53 Å². The molecule has 1 aromatic carbocycles. The summed E-state index contributed by atoms with van der Waals surface area (Å²) in [5.74, 6) is -1.03. The van der Waals surface area contributed by atoms with Crippen molar-refractivity contribution in [2.24, 2.45) is 0 Å². The van der Waals surface area contributed by atoms with E-state index in [0.29, 0.717) is 17.4 Å². The maximum atomic E-state index is 12.1. The fourth-order valence-electron chi connectivity index (χ4n) is 2.24. The van der Waals surface area contributed by atoms with E-state index in [0.717, 1.165) is 19.3 Å². The zero-order chi connectivity index (χ0) is 16.7. The van der Waals surface area contributed by atoms with Gasteiger partial charge in [-0.2, -0.15) is 0 Å². The summed E-state index contributed by atoms with van der Waals surface area (Å²) in [6.07, 6.45) is 3.01. The summed E-state index contributed by atoms with van der Waals surface area (Å²) in [4.78, 5) is 38.0. The first-order chi connectivity index (χ1) is 11.1. The van der Waals surface area contributed by atoms with Gasteiger partial charge in [0.25, 0.3) is 5.91 Å². The summed E-state index contributed by atoms with van der Waals surface area (Å²) in [5.41, 5.74) is 0.318. The number of carbonyl (C=O) groups excluding carboxylic acids is 2. The summed E-state index contributed by atoms with van der Waals surface area (Å²) in [5, 5.41) is 3.27. The normalized spacial score (nSPS) is 10.5. The van der Waals surface area contributed by atoms with Crippen LogP contribution >= 0.6 is 0 Å². The topological polar surface area (TPSA) is 88.3 Å². The quantitative estimate of drug-likeness (QED) is 0.604. The van der Waals surface area contributed by atoms with Crippen molar-refractivity contribution in [3.8, 4) is 0 Å². The maximum absolute atomic E-state index is 12.1. The number of benzene rings is 1. The molecule has 1 amide bonds. The number of para-hydroxylation sites is 1. The Labute approximate surface area is 133 Å². The average Bonchev–Trinajstić information content (AvgIpc) is 2.55. The predicted molar refractivity (Wildman–Crippen MR) is 87.4 cm³/mol. The molecule has 1 aromatic heterocycles. The summed E-state index contributed by atoms with van der Waals surface area (Å²) in [6.45, 7) is 2.29. The van der Waals surface area contributed by atoms with E-state index in [2.05, 4.69) is 17.2 Å². The molecule has 0 bridgehead atoms. The van der Waals surface area contributed by atoms with Gasteiger partial charge in [0.1, 0.15) is 0 Å². The Balaban J connectivity index is 1.99. The molecule has 0 unspecified atom stereocenters. The lowest BCUT2D eigenvalue weighted by atomic mass is 10.1. The number of hydrogen-bond acceptors (Lipinski definition) is 4. The summed E-state index contributed by atoms with van der Waals surface area (Å²) < 4.78 is 5.01. The number of amides is 1. The zero-order valence-electron chi connectivity index (χ0n) is 13.1. The van der Waals surface area contributed by atoms with Crippen LogP contribution in [0.5, 0.6) is 0 Å². The third-order valence-corrected chi connectivity index (χ3v) is 3.41. The molecule has 2 N–H and O–H groups in total. The van der Waals surface area contributed by atoms with Crippen molar-refractivity contribution >= 4 is 22.8 Å². The minimum Gasteiger partial charge on any atom is -0.452 e. The number of H-pyrrole nitrogens is 1. The molecule has 122 valence electrons. The molecule has 2 aromatic rings. The van der Waals surface area contributed by atoms with Crippen LogP contribution in [0, 0.1) is 0 Å². The highest BCUT2D eigenvalue weighted by Crippen LogP contribution is 2.15. The van der Waals surface area contributed by atoms with Gasteiger partial charge in [-0.25, -0.2) is 4.79 Å². The lowest BCUT2D eigenvalue weighted by molar-refractivity contribution is -0.124. The van der Waals surface area contributed by atoms with Crippen LogP contribution in [-0.4, -0.2) is 30.0 Å². The van der Waals surface area contributed by atoms with E-state index >= 15 is 0 Å². The number of unbranched alkanes of at least 4 members (excludes halogenated alkanes) is 2. The highest BCUT2D eigenvalue weighted by atomic mass is 16.5. The molecule has 0 radical (unpaired) electrons. The number of aromatic amines is 1. The summed E-state index contributed by atoms with van der Waals surface area (Å²) in [7, 11) is 0. The molecule has 0 aliphatic heterocycles. The van der Waals surface area contributed by atoms with Gasteiger partial charge >= 0.3 is 5.97 Å². The molecule has 6 heteroatoms. The van der Waals surface area contributed by atoms with E-state index in [9.17, 15) is 14.4 Å². The third kappa shape index (κ3) is 4.67. The Morgan fingerprint density at radius 3 is 2.78 bits per heavy atom. The van der Waals surface area contributed by atoms with Crippen LogP contribution in [0.2, 0.25) is 0 Å². The molecule has 0 fully saturated rings. The molecule has 0 aliphatic rings. The fourth-order valence-corrected chi connectivity index (χ4v) is 2.24. The Morgan fingerprint density at radius 2 is 2.00 bits per heavy atom. The second-order valence-electron chi connectivity index (χ2n) is 5.23. The minimum absolute atomic E-state index is 0.156. The Morgan fingerprint density at radius 1 is 1.22 bits per heavy atom. The highest BCUT2D eigenvalue weighted by molar-refractivity contribution is 6.03. The van der Waals surface area contributed by atoms with Crippen LogP contribution < -0.4 is 10.9 Å². The number of fused-ring (bicyclic) bond motifs is 1. The minimum atomic E-state index is -0.684. The van der Waals surface area contributed by atoms with E-state index in [1.807, 2.05) is 0 Å². The van der Waals surface area contributed by atoms with Crippen LogP contribution in [0.4, 0.5) is 0 Å². The number of pyridine rings is 1. The first-order valence-corrected chi connectivity index (χ1v) is 7.67. The van der Waals surface area contributed by atoms with Crippen molar-refractivity contribution in [1.29, 1.82) is 0 Å². The Kier molecular flexibility index (Phi) is 5.91. The Bertz CT molecular complexity index is 752. The summed E-state index contributed by atoms with van der Waals surface area (Å²) in [6, 6.07) is 8.12. The van der Waals surface area contributed by atoms with Crippen molar-refractivity contribution in [3.63, 3.8) is 0 Å². The van der Waals surface area contributed by atoms with E-state index in [1.54, 1.807) is 24.3 Å². The Hall–Kier alpha value is -2.63. The molecule has 6 nitrogen and oxygen atoms in total. The first kappa shape index (κ1) is 16.7. The monoisotopic (exact) mass is 316 g/mol. The van der Waals surface area contributed by atoms with Crippen LogP contribution in [0.1, 0.15) is 36.5 Å². The molecular weight excluding hydrogens is 296 g/mol. The SMILES string of the molecule is CCCCCNC(=O)COC(=O)c1cc(=O)[nH]c2ccccc12. The van der Waals surface area contributed by atoms with Gasteiger partial charge in [0.15, 0.2) is 6.61 Å². The van der Waals surface area contributed by atoms with Crippen molar-refractivity contribution in [3.05, 3.63) is 46.2 Å². The number of hydrogen-bond donors (Lipinski definition) is 2. The van der Waals surface area contributed by atoms with Crippen LogP contribution in [0.3, 0.4) is 0 Å². The molecule has 1 heterocycles. The van der Waals surface area contributed by atoms with Gasteiger partial charge in [0.2, 0.25) is 5.56 Å². The van der Waals surface area contributed by atoms with Gasteiger partial charge < -0.3 is 15.0 Å². The number of rotatable bonds is 7. The van der Waals surface area contributed by atoms with Gasteiger partial charge in [0.05, 0.1) is 5.56 Å². The lowest BCUT2D eigenvalue weighted by Crippen LogP contribution is -2.29. The molecule has 2 rings (SSSR count).